The molecule has 1 saturated heterocycles. The lowest BCUT2D eigenvalue weighted by Gasteiger charge is -2.31. The minimum absolute atomic E-state index is 0.124. The molecular weight excluding hydrogens is 346 g/mol. The van der Waals surface area contributed by atoms with E-state index in [1.807, 2.05) is 40.8 Å². The number of aliphatic hydroxyl groups excluding tert-OH is 1. The minimum atomic E-state index is 0.124. The van der Waals surface area contributed by atoms with E-state index in [1.54, 1.807) is 11.3 Å². The lowest BCUT2D eigenvalue weighted by atomic mass is 9.95. The van der Waals surface area contributed by atoms with Crippen LogP contribution in [0.3, 0.4) is 0 Å². The Morgan fingerprint density at radius 2 is 2.12 bits per heavy atom. The fourth-order valence-corrected chi connectivity index (χ4v) is 4.16. The molecule has 26 heavy (non-hydrogen) atoms. The van der Waals surface area contributed by atoms with Gasteiger partial charge < -0.3 is 5.11 Å². The maximum Gasteiger partial charge on any atom is 0.169 e. The van der Waals surface area contributed by atoms with Gasteiger partial charge in [0, 0.05) is 43.2 Å². The number of thiophene rings is 1. The van der Waals surface area contributed by atoms with Crippen molar-refractivity contribution in [3.63, 3.8) is 0 Å². The number of rotatable bonds is 6. The lowest BCUT2D eigenvalue weighted by molar-refractivity contribution is 0.197. The van der Waals surface area contributed by atoms with Crippen LogP contribution in [0, 0.1) is 0 Å². The Morgan fingerprint density at radius 3 is 2.88 bits per heavy atom. The van der Waals surface area contributed by atoms with E-state index in [0.29, 0.717) is 12.5 Å². The van der Waals surface area contributed by atoms with Gasteiger partial charge in [-0.05, 0) is 36.9 Å². The van der Waals surface area contributed by atoms with E-state index >= 15 is 0 Å². The molecule has 0 unspecified atom stereocenters. The molecule has 3 aromatic heterocycles. The van der Waals surface area contributed by atoms with Crippen LogP contribution in [0.4, 0.5) is 0 Å². The van der Waals surface area contributed by atoms with E-state index in [1.165, 1.54) is 12.8 Å². The Labute approximate surface area is 157 Å². The first kappa shape index (κ1) is 17.3. The fourth-order valence-electron chi connectivity index (χ4n) is 3.49. The highest BCUT2D eigenvalue weighted by Gasteiger charge is 2.23. The molecular formula is C19H23N5OS. The van der Waals surface area contributed by atoms with E-state index in [9.17, 15) is 0 Å². The largest absolute Gasteiger partial charge is 0.394 e. The number of nitrogens with zero attached hydrogens (tertiary/aromatic N) is 5. The van der Waals surface area contributed by atoms with Crippen LogP contribution in [0.1, 0.15) is 30.0 Å². The van der Waals surface area contributed by atoms with E-state index in [-0.39, 0.29) is 6.61 Å². The van der Waals surface area contributed by atoms with Gasteiger partial charge >= 0.3 is 0 Å². The molecule has 1 aliphatic heterocycles. The minimum Gasteiger partial charge on any atom is -0.394 e. The summed E-state index contributed by atoms with van der Waals surface area (Å²) in [5, 5.41) is 15.7. The average Bonchev–Trinajstić information content (AvgIpc) is 3.35. The first-order valence-corrected chi connectivity index (χ1v) is 9.91. The van der Waals surface area contributed by atoms with Crippen molar-refractivity contribution in [2.75, 3.05) is 19.7 Å². The van der Waals surface area contributed by atoms with Gasteiger partial charge in [-0.2, -0.15) is 5.10 Å². The summed E-state index contributed by atoms with van der Waals surface area (Å²) in [6.45, 7) is 3.66. The lowest BCUT2D eigenvalue weighted by Crippen LogP contribution is -2.34. The van der Waals surface area contributed by atoms with Crippen LogP contribution in [-0.4, -0.2) is 49.5 Å². The van der Waals surface area contributed by atoms with Crippen molar-refractivity contribution in [1.29, 1.82) is 0 Å². The Kier molecular flexibility index (Phi) is 5.38. The molecule has 1 atom stereocenters. The number of aliphatic hydroxyl groups is 1. The molecule has 0 spiro atoms. The van der Waals surface area contributed by atoms with Crippen molar-refractivity contribution in [3.8, 4) is 10.7 Å². The summed E-state index contributed by atoms with van der Waals surface area (Å²) in [6.07, 6.45) is 8.19. The van der Waals surface area contributed by atoms with E-state index in [0.717, 1.165) is 41.6 Å². The number of piperidine rings is 1. The zero-order valence-electron chi connectivity index (χ0n) is 14.7. The van der Waals surface area contributed by atoms with E-state index in [2.05, 4.69) is 26.0 Å². The molecule has 0 aliphatic carbocycles. The summed E-state index contributed by atoms with van der Waals surface area (Å²) in [6, 6.07) is 6.15. The molecule has 6 nitrogen and oxygen atoms in total. The summed E-state index contributed by atoms with van der Waals surface area (Å²) in [5.74, 6) is 1.25. The number of aromatic nitrogens is 4. The van der Waals surface area contributed by atoms with Gasteiger partial charge in [0.05, 0.1) is 23.7 Å². The molecule has 3 aromatic rings. The Bertz CT molecular complexity index is 815. The molecule has 4 heterocycles. The van der Waals surface area contributed by atoms with E-state index in [4.69, 9.17) is 5.11 Å². The molecule has 1 N–H and O–H groups in total. The van der Waals surface area contributed by atoms with Gasteiger partial charge in [0.15, 0.2) is 5.82 Å². The maximum absolute atomic E-state index is 9.05. The SMILES string of the molecule is OCCn1ccc([C@@H]2CCCN(Cc3cnc(-c4cccs4)nc3)C2)n1. The molecule has 0 radical (unpaired) electrons. The normalized spacial score (nSPS) is 18.3. The topological polar surface area (TPSA) is 67.1 Å². The van der Waals surface area contributed by atoms with Crippen LogP contribution in [0.2, 0.25) is 0 Å². The Balaban J connectivity index is 1.38. The van der Waals surface area contributed by atoms with Gasteiger partial charge in [-0.3, -0.25) is 9.58 Å². The second-order valence-electron chi connectivity index (χ2n) is 6.69. The maximum atomic E-state index is 9.05. The molecule has 1 aliphatic rings. The summed E-state index contributed by atoms with van der Waals surface area (Å²) in [5.41, 5.74) is 2.28. The third-order valence-electron chi connectivity index (χ3n) is 4.77. The molecule has 1 fully saturated rings. The molecule has 136 valence electrons. The van der Waals surface area contributed by atoms with Crippen LogP contribution in [0.5, 0.6) is 0 Å². The first-order valence-electron chi connectivity index (χ1n) is 9.03. The summed E-state index contributed by atoms with van der Waals surface area (Å²) in [4.78, 5) is 12.6. The second kappa shape index (κ2) is 8.07. The van der Waals surface area contributed by atoms with Gasteiger partial charge in [-0.1, -0.05) is 6.07 Å². The predicted octanol–water partition coefficient (Wildman–Crippen LogP) is 2.77. The summed E-state index contributed by atoms with van der Waals surface area (Å²) < 4.78 is 1.82. The van der Waals surface area contributed by atoms with E-state index < -0.39 is 0 Å². The highest BCUT2D eigenvalue weighted by atomic mass is 32.1. The van der Waals surface area contributed by atoms with Crippen molar-refractivity contribution >= 4 is 11.3 Å². The third-order valence-corrected chi connectivity index (χ3v) is 5.63. The Hall–Kier alpha value is -2.09. The summed E-state index contributed by atoms with van der Waals surface area (Å²) in [7, 11) is 0. The van der Waals surface area contributed by atoms with Gasteiger partial charge in [-0.15, -0.1) is 11.3 Å². The monoisotopic (exact) mass is 369 g/mol. The van der Waals surface area contributed by atoms with Crippen molar-refractivity contribution in [3.05, 3.63) is 53.4 Å². The van der Waals surface area contributed by atoms with Crippen LogP contribution in [0.15, 0.2) is 42.2 Å². The van der Waals surface area contributed by atoms with Gasteiger partial charge in [0.2, 0.25) is 0 Å². The van der Waals surface area contributed by atoms with Crippen LogP contribution >= 0.6 is 11.3 Å². The Morgan fingerprint density at radius 1 is 1.23 bits per heavy atom. The van der Waals surface area contributed by atoms with Crippen molar-refractivity contribution in [1.82, 2.24) is 24.6 Å². The highest BCUT2D eigenvalue weighted by Crippen LogP contribution is 2.27. The van der Waals surface area contributed by atoms with Crippen LogP contribution in [-0.2, 0) is 13.1 Å². The second-order valence-corrected chi connectivity index (χ2v) is 7.64. The molecule has 4 rings (SSSR count). The number of hydrogen-bond donors (Lipinski definition) is 1. The first-order chi connectivity index (χ1) is 12.8. The van der Waals surface area contributed by atoms with Crippen LogP contribution in [0.25, 0.3) is 10.7 Å². The van der Waals surface area contributed by atoms with Crippen molar-refractivity contribution in [2.24, 2.45) is 0 Å². The number of hydrogen-bond acceptors (Lipinski definition) is 6. The highest BCUT2D eigenvalue weighted by molar-refractivity contribution is 7.13. The predicted molar refractivity (Wildman–Crippen MR) is 102 cm³/mol. The molecule has 0 aromatic carbocycles. The zero-order valence-corrected chi connectivity index (χ0v) is 15.5. The van der Waals surface area contributed by atoms with Gasteiger partial charge in [-0.25, -0.2) is 9.97 Å². The van der Waals surface area contributed by atoms with Crippen molar-refractivity contribution in [2.45, 2.75) is 31.8 Å². The number of likely N-dealkylation sites (tertiary alicyclic amines) is 1. The van der Waals surface area contributed by atoms with Gasteiger partial charge in [0.25, 0.3) is 0 Å². The zero-order chi connectivity index (χ0) is 17.8. The summed E-state index contributed by atoms with van der Waals surface area (Å²) >= 11 is 1.66. The quantitative estimate of drug-likeness (QED) is 0.724. The molecule has 7 heteroatoms. The molecule has 0 bridgehead atoms. The average molecular weight is 369 g/mol. The van der Waals surface area contributed by atoms with Crippen molar-refractivity contribution < 1.29 is 5.11 Å². The molecule has 0 amide bonds. The fraction of sp³-hybridized carbons (Fsp3) is 0.421. The van der Waals surface area contributed by atoms with Gasteiger partial charge in [0.1, 0.15) is 0 Å². The molecule has 0 saturated carbocycles. The smallest absolute Gasteiger partial charge is 0.169 e. The third kappa shape index (κ3) is 4.00. The standard InChI is InChI=1S/C19H23N5OS/c25-9-8-24-7-5-17(22-24)16-3-1-6-23(14-16)13-15-11-20-19(21-12-15)18-4-2-10-26-18/h2,4-5,7,10-12,16,25H,1,3,6,8-9,13-14H2/t16-/m1/s1. The van der Waals surface area contributed by atoms with Crippen LogP contribution < -0.4 is 0 Å².